The van der Waals surface area contributed by atoms with Crippen molar-refractivity contribution >= 4 is 11.9 Å². The first kappa shape index (κ1) is 18.7. The number of carboxylic acid groups (broad SMARTS) is 1. The number of likely N-dealkylation sites (tertiary alicyclic amines) is 1. The number of carboxylic acids is 1. The van der Waals surface area contributed by atoms with Crippen molar-refractivity contribution in [3.8, 4) is 11.3 Å². The van der Waals surface area contributed by atoms with Gasteiger partial charge < -0.3 is 15.1 Å². The zero-order chi connectivity index (χ0) is 19.9. The lowest BCUT2D eigenvalue weighted by atomic mass is 9.73. The second-order valence-corrected chi connectivity index (χ2v) is 8.08. The third-order valence-electron chi connectivity index (χ3n) is 6.12. The minimum atomic E-state index is -1.29. The lowest BCUT2D eigenvalue weighted by molar-refractivity contribution is -0.163. The van der Waals surface area contributed by atoms with E-state index in [-0.39, 0.29) is 18.9 Å². The van der Waals surface area contributed by atoms with E-state index in [2.05, 4.69) is 10.2 Å². The Morgan fingerprint density at radius 2 is 1.96 bits per heavy atom. The van der Waals surface area contributed by atoms with Gasteiger partial charge in [0.25, 0.3) is 5.91 Å². The van der Waals surface area contributed by atoms with Crippen molar-refractivity contribution in [2.75, 3.05) is 13.1 Å². The molecular weight excluding hydrogens is 358 g/mol. The molecule has 1 aromatic carbocycles. The lowest BCUT2D eigenvalue weighted by Gasteiger charge is -2.43. The second-order valence-electron chi connectivity index (χ2n) is 8.08. The SMILES string of the molecule is Cc1c(-c2ccccc2)n[nH]c1C(=O)N1CC[C@H](O)[C@](CC2CC2)(C(=O)O)C1. The number of nitrogens with zero attached hydrogens (tertiary/aromatic N) is 2. The van der Waals surface area contributed by atoms with Gasteiger partial charge in [-0.3, -0.25) is 14.7 Å². The molecule has 4 rings (SSSR count). The first-order chi connectivity index (χ1) is 13.4. The second kappa shape index (κ2) is 7.05. The van der Waals surface area contributed by atoms with Gasteiger partial charge in [0, 0.05) is 24.2 Å². The summed E-state index contributed by atoms with van der Waals surface area (Å²) in [6.07, 6.45) is 1.75. The van der Waals surface area contributed by atoms with Crippen molar-refractivity contribution in [3.63, 3.8) is 0 Å². The molecule has 1 saturated carbocycles. The maximum atomic E-state index is 13.2. The van der Waals surface area contributed by atoms with Crippen LogP contribution in [0.15, 0.2) is 30.3 Å². The molecule has 2 aromatic rings. The Kier molecular flexibility index (Phi) is 4.71. The Hall–Kier alpha value is -2.67. The summed E-state index contributed by atoms with van der Waals surface area (Å²) in [7, 11) is 0. The largest absolute Gasteiger partial charge is 0.481 e. The van der Waals surface area contributed by atoms with E-state index in [4.69, 9.17) is 0 Å². The summed E-state index contributed by atoms with van der Waals surface area (Å²) in [6.45, 7) is 2.20. The fraction of sp³-hybridized carbons (Fsp3) is 0.476. The van der Waals surface area contributed by atoms with Gasteiger partial charge >= 0.3 is 5.97 Å². The number of aliphatic carboxylic acids is 1. The van der Waals surface area contributed by atoms with Crippen LogP contribution in [0, 0.1) is 18.3 Å². The summed E-state index contributed by atoms with van der Waals surface area (Å²) in [4.78, 5) is 26.8. The van der Waals surface area contributed by atoms with Gasteiger partial charge in [-0.05, 0) is 25.7 Å². The number of nitrogens with one attached hydrogen (secondary N) is 1. The first-order valence-corrected chi connectivity index (χ1v) is 9.73. The van der Waals surface area contributed by atoms with Crippen molar-refractivity contribution < 1.29 is 19.8 Å². The molecule has 1 aliphatic carbocycles. The van der Waals surface area contributed by atoms with E-state index < -0.39 is 17.5 Å². The van der Waals surface area contributed by atoms with Crippen LogP contribution in [-0.4, -0.2) is 56.4 Å². The summed E-state index contributed by atoms with van der Waals surface area (Å²) in [5.74, 6) is -0.949. The van der Waals surface area contributed by atoms with Gasteiger partial charge in [-0.15, -0.1) is 0 Å². The predicted octanol–water partition coefficient (Wildman–Crippen LogP) is 2.46. The number of aromatic nitrogens is 2. The smallest absolute Gasteiger partial charge is 0.314 e. The first-order valence-electron chi connectivity index (χ1n) is 9.73. The fourth-order valence-electron chi connectivity index (χ4n) is 4.23. The highest BCUT2D eigenvalue weighted by Crippen LogP contribution is 2.45. The summed E-state index contributed by atoms with van der Waals surface area (Å²) in [5.41, 5.74) is 1.46. The molecule has 1 aromatic heterocycles. The monoisotopic (exact) mass is 383 g/mol. The minimum Gasteiger partial charge on any atom is -0.481 e. The lowest BCUT2D eigenvalue weighted by Crippen LogP contribution is -2.57. The standard InChI is InChI=1S/C21H25N3O4/c1-13-17(15-5-3-2-4-6-15)22-23-18(13)19(26)24-10-9-16(25)21(12-24,20(27)28)11-14-7-8-14/h2-6,14,16,25H,7-12H2,1H3,(H,22,23)(H,27,28)/t16-,21+/m0/s1. The number of rotatable bonds is 5. The Morgan fingerprint density at radius 3 is 2.61 bits per heavy atom. The van der Waals surface area contributed by atoms with E-state index in [1.54, 1.807) is 4.90 Å². The molecular formula is C21H25N3O4. The molecule has 28 heavy (non-hydrogen) atoms. The van der Waals surface area contributed by atoms with E-state index in [1.807, 2.05) is 37.3 Å². The van der Waals surface area contributed by atoms with Crippen LogP contribution in [0.5, 0.6) is 0 Å². The van der Waals surface area contributed by atoms with Crippen molar-refractivity contribution in [3.05, 3.63) is 41.6 Å². The summed E-state index contributed by atoms with van der Waals surface area (Å²) < 4.78 is 0. The zero-order valence-corrected chi connectivity index (χ0v) is 15.9. The van der Waals surface area contributed by atoms with E-state index in [1.165, 1.54) is 0 Å². The molecule has 2 fully saturated rings. The van der Waals surface area contributed by atoms with Crippen molar-refractivity contribution in [1.29, 1.82) is 0 Å². The molecule has 1 amide bonds. The molecule has 2 aliphatic rings. The van der Waals surface area contributed by atoms with Crippen LogP contribution < -0.4 is 0 Å². The Morgan fingerprint density at radius 1 is 1.25 bits per heavy atom. The number of carbonyl (C=O) groups excluding carboxylic acids is 1. The van der Waals surface area contributed by atoms with Crippen molar-refractivity contribution in [1.82, 2.24) is 15.1 Å². The third kappa shape index (κ3) is 3.20. The molecule has 0 bridgehead atoms. The number of aromatic amines is 1. The van der Waals surface area contributed by atoms with Gasteiger partial charge in [-0.25, -0.2) is 0 Å². The highest BCUT2D eigenvalue weighted by molar-refractivity contribution is 5.96. The normalized spacial score (nSPS) is 24.9. The number of benzene rings is 1. The number of amides is 1. The highest BCUT2D eigenvalue weighted by atomic mass is 16.4. The van der Waals surface area contributed by atoms with E-state index in [0.717, 1.165) is 24.0 Å². The van der Waals surface area contributed by atoms with Gasteiger partial charge in [0.1, 0.15) is 11.1 Å². The summed E-state index contributed by atoms with van der Waals surface area (Å²) >= 11 is 0. The Balaban J connectivity index is 1.60. The number of carbonyl (C=O) groups is 2. The van der Waals surface area contributed by atoms with Crippen LogP contribution in [0.2, 0.25) is 0 Å². The quantitative estimate of drug-likeness (QED) is 0.735. The average molecular weight is 383 g/mol. The number of aliphatic hydroxyl groups is 1. The average Bonchev–Trinajstić information content (AvgIpc) is 3.42. The summed E-state index contributed by atoms with van der Waals surface area (Å²) in [6, 6.07) is 9.60. The molecule has 3 N–H and O–H groups in total. The van der Waals surface area contributed by atoms with E-state index >= 15 is 0 Å². The molecule has 7 nitrogen and oxygen atoms in total. The fourth-order valence-corrected chi connectivity index (χ4v) is 4.23. The summed E-state index contributed by atoms with van der Waals surface area (Å²) in [5, 5.41) is 27.5. The molecule has 0 spiro atoms. The van der Waals surface area contributed by atoms with Gasteiger partial charge in [-0.1, -0.05) is 43.2 Å². The van der Waals surface area contributed by atoms with Gasteiger partial charge in [0.2, 0.25) is 0 Å². The topological polar surface area (TPSA) is 107 Å². The van der Waals surface area contributed by atoms with E-state index in [9.17, 15) is 19.8 Å². The Labute approximate surface area is 163 Å². The predicted molar refractivity (Wildman–Crippen MR) is 103 cm³/mol. The molecule has 0 radical (unpaired) electrons. The van der Waals surface area contributed by atoms with Crippen LogP contribution in [-0.2, 0) is 4.79 Å². The number of H-pyrrole nitrogens is 1. The number of piperidine rings is 1. The van der Waals surface area contributed by atoms with Gasteiger partial charge in [0.05, 0.1) is 11.8 Å². The third-order valence-corrected chi connectivity index (χ3v) is 6.12. The van der Waals surface area contributed by atoms with E-state index in [0.29, 0.717) is 30.3 Å². The number of aliphatic hydroxyl groups excluding tert-OH is 1. The number of hydrogen-bond donors (Lipinski definition) is 3. The van der Waals surface area contributed by atoms with Gasteiger partial charge in [0.15, 0.2) is 0 Å². The molecule has 2 atom stereocenters. The van der Waals surface area contributed by atoms with Crippen LogP contribution in [0.3, 0.4) is 0 Å². The maximum absolute atomic E-state index is 13.2. The van der Waals surface area contributed by atoms with Crippen LogP contribution >= 0.6 is 0 Å². The molecule has 2 heterocycles. The van der Waals surface area contributed by atoms with Crippen molar-refractivity contribution in [2.45, 2.75) is 38.7 Å². The molecule has 7 heteroatoms. The van der Waals surface area contributed by atoms with Crippen LogP contribution in [0.1, 0.15) is 41.7 Å². The zero-order valence-electron chi connectivity index (χ0n) is 15.9. The number of hydrogen-bond acceptors (Lipinski definition) is 4. The highest BCUT2D eigenvalue weighted by Gasteiger charge is 2.52. The molecule has 148 valence electrons. The van der Waals surface area contributed by atoms with Crippen LogP contribution in [0.4, 0.5) is 0 Å². The van der Waals surface area contributed by atoms with Crippen molar-refractivity contribution in [2.24, 2.45) is 11.3 Å². The molecule has 1 aliphatic heterocycles. The van der Waals surface area contributed by atoms with Crippen LogP contribution in [0.25, 0.3) is 11.3 Å². The molecule has 0 unspecified atom stereocenters. The Bertz CT molecular complexity index is 890. The minimum absolute atomic E-state index is 0.0258. The molecule has 1 saturated heterocycles. The van der Waals surface area contributed by atoms with Gasteiger partial charge in [-0.2, -0.15) is 5.10 Å². The maximum Gasteiger partial charge on any atom is 0.314 e.